The number of aryl methyl sites for hydroxylation is 1. The Labute approximate surface area is 160 Å². The number of benzene rings is 1. The summed E-state index contributed by atoms with van der Waals surface area (Å²) in [7, 11) is 0. The van der Waals surface area contributed by atoms with Gasteiger partial charge in [-0.2, -0.15) is 0 Å². The number of nitrogens with zero attached hydrogens (tertiary/aromatic N) is 1. The third-order valence-electron chi connectivity index (χ3n) is 3.13. The van der Waals surface area contributed by atoms with Crippen LogP contribution in [0.5, 0.6) is 0 Å². The average molecular weight is 383 g/mol. The average Bonchev–Trinajstić information content (AvgIpc) is 2.55. The molecule has 0 heterocycles. The van der Waals surface area contributed by atoms with E-state index in [9.17, 15) is 4.79 Å². The summed E-state index contributed by atoms with van der Waals surface area (Å²) in [5.74, 6) is 0.0397. The van der Waals surface area contributed by atoms with Crippen molar-refractivity contribution in [2.24, 2.45) is 5.73 Å². The smallest absolute Gasteiger partial charge is 0.273 e. The SMILES string of the molecule is CCN(CC)C(=S)OCCC(=O)C=Cc1ccc(C)cc1.NC(=O)S. The number of ether oxygens (including phenoxy) is 1. The van der Waals surface area contributed by atoms with Crippen molar-refractivity contribution in [1.29, 1.82) is 0 Å². The zero-order valence-corrected chi connectivity index (χ0v) is 16.6. The van der Waals surface area contributed by atoms with Gasteiger partial charge in [-0.1, -0.05) is 48.5 Å². The number of hydrogen-bond acceptors (Lipinski definition) is 4. The van der Waals surface area contributed by atoms with E-state index in [0.29, 0.717) is 18.2 Å². The molecule has 0 aliphatic rings. The minimum Gasteiger partial charge on any atom is -0.470 e. The van der Waals surface area contributed by atoms with Gasteiger partial charge in [-0.15, -0.1) is 0 Å². The van der Waals surface area contributed by atoms with E-state index in [1.54, 1.807) is 6.08 Å². The fraction of sp³-hybridized carbons (Fsp3) is 0.389. The number of ketones is 1. The van der Waals surface area contributed by atoms with Crippen molar-refractivity contribution in [3.8, 4) is 0 Å². The van der Waals surface area contributed by atoms with Crippen LogP contribution in [0.25, 0.3) is 6.08 Å². The van der Waals surface area contributed by atoms with Crippen LogP contribution in [0.1, 0.15) is 31.4 Å². The van der Waals surface area contributed by atoms with Crippen LogP contribution in [0, 0.1) is 6.92 Å². The van der Waals surface area contributed by atoms with Crippen molar-refractivity contribution in [3.63, 3.8) is 0 Å². The third-order valence-corrected chi connectivity index (χ3v) is 3.51. The molecule has 0 bridgehead atoms. The molecule has 0 aliphatic heterocycles. The summed E-state index contributed by atoms with van der Waals surface area (Å²) < 4.78 is 5.43. The number of primary amides is 1. The second kappa shape index (κ2) is 13.4. The zero-order valence-electron chi connectivity index (χ0n) is 14.9. The van der Waals surface area contributed by atoms with Crippen molar-refractivity contribution >= 4 is 47.1 Å². The molecule has 0 spiro atoms. The van der Waals surface area contributed by atoms with Crippen LogP contribution in [-0.2, 0) is 9.53 Å². The maximum absolute atomic E-state index is 11.8. The van der Waals surface area contributed by atoms with Crippen LogP contribution in [-0.4, -0.2) is 40.8 Å². The maximum atomic E-state index is 11.8. The molecule has 5 nitrogen and oxygen atoms in total. The lowest BCUT2D eigenvalue weighted by molar-refractivity contribution is -0.115. The second-order valence-corrected chi connectivity index (χ2v) is 5.88. The van der Waals surface area contributed by atoms with E-state index in [1.165, 1.54) is 5.56 Å². The summed E-state index contributed by atoms with van der Waals surface area (Å²) in [4.78, 5) is 22.8. The molecule has 1 rings (SSSR count). The number of carbonyl (C=O) groups is 2. The summed E-state index contributed by atoms with van der Waals surface area (Å²) in [5, 5.41) is -0.171. The first-order valence-corrected chi connectivity index (χ1v) is 8.83. The molecule has 138 valence electrons. The van der Waals surface area contributed by atoms with Gasteiger partial charge in [-0.3, -0.25) is 9.59 Å². The van der Waals surface area contributed by atoms with Gasteiger partial charge in [0.05, 0.1) is 6.61 Å². The van der Waals surface area contributed by atoms with Crippen LogP contribution in [0.2, 0.25) is 0 Å². The number of amides is 1. The Bertz CT molecular complexity index is 578. The number of thiol groups is 1. The Morgan fingerprint density at radius 1 is 1.24 bits per heavy atom. The highest BCUT2D eigenvalue weighted by molar-refractivity contribution is 7.96. The molecule has 0 unspecified atom stereocenters. The molecule has 1 aromatic rings. The molecule has 0 aliphatic carbocycles. The highest BCUT2D eigenvalue weighted by atomic mass is 32.1. The number of nitrogens with two attached hydrogens (primary N) is 1. The summed E-state index contributed by atoms with van der Waals surface area (Å²) in [6.45, 7) is 8.04. The van der Waals surface area contributed by atoms with E-state index < -0.39 is 5.24 Å². The van der Waals surface area contributed by atoms with Gasteiger partial charge in [-0.25, -0.2) is 0 Å². The summed E-state index contributed by atoms with van der Waals surface area (Å²) >= 11 is 8.26. The molecule has 0 aromatic heterocycles. The topological polar surface area (TPSA) is 72.6 Å². The molecule has 0 saturated heterocycles. The Balaban J connectivity index is 0.00000129. The van der Waals surface area contributed by atoms with Crippen LogP contribution in [0.3, 0.4) is 0 Å². The number of thiocarbonyl (C=S) groups is 1. The Hall–Kier alpha value is -1.86. The molecule has 1 aromatic carbocycles. The maximum Gasteiger partial charge on any atom is 0.273 e. The van der Waals surface area contributed by atoms with Gasteiger partial charge in [0.25, 0.3) is 10.4 Å². The van der Waals surface area contributed by atoms with E-state index in [-0.39, 0.29) is 5.78 Å². The number of carbonyl (C=O) groups excluding carboxylic acids is 2. The van der Waals surface area contributed by atoms with E-state index in [4.69, 9.17) is 21.7 Å². The molecule has 0 atom stereocenters. The monoisotopic (exact) mass is 382 g/mol. The molecular formula is C18H26N2O3S2. The second-order valence-electron chi connectivity index (χ2n) is 5.09. The lowest BCUT2D eigenvalue weighted by Gasteiger charge is -2.20. The molecule has 1 amide bonds. The van der Waals surface area contributed by atoms with Crippen LogP contribution >= 0.6 is 24.8 Å². The van der Waals surface area contributed by atoms with Crippen LogP contribution < -0.4 is 5.73 Å². The molecule has 0 saturated carbocycles. The highest BCUT2D eigenvalue weighted by Gasteiger charge is 2.06. The molecule has 0 radical (unpaired) electrons. The minimum absolute atomic E-state index is 0.0397. The Morgan fingerprint density at radius 2 is 1.76 bits per heavy atom. The van der Waals surface area contributed by atoms with Gasteiger partial charge in [0.15, 0.2) is 5.78 Å². The van der Waals surface area contributed by atoms with E-state index in [1.807, 2.05) is 56.0 Å². The van der Waals surface area contributed by atoms with Gasteiger partial charge in [0.1, 0.15) is 0 Å². The van der Waals surface area contributed by atoms with Crippen LogP contribution in [0.15, 0.2) is 30.3 Å². The van der Waals surface area contributed by atoms with Gasteiger partial charge >= 0.3 is 0 Å². The minimum atomic E-state index is -0.639. The molecule has 7 heteroatoms. The standard InChI is InChI=1S/C17H23NO2S.CH3NOS/c1-4-18(5-2)17(21)20-13-12-16(19)11-10-15-8-6-14(3)7-9-15;2-1(3)4/h6-11H,4-5,12-13H2,1-3H3;(H3,2,3,4). The lowest BCUT2D eigenvalue weighted by Crippen LogP contribution is -2.31. The first kappa shape index (κ1) is 23.1. The lowest BCUT2D eigenvalue weighted by atomic mass is 10.1. The van der Waals surface area contributed by atoms with E-state index in [2.05, 4.69) is 18.4 Å². The predicted molar refractivity (Wildman–Crippen MR) is 110 cm³/mol. The fourth-order valence-corrected chi connectivity index (χ4v) is 2.10. The Morgan fingerprint density at radius 3 is 2.24 bits per heavy atom. The predicted octanol–water partition coefficient (Wildman–Crippen LogP) is 3.61. The van der Waals surface area contributed by atoms with Gasteiger partial charge in [-0.05, 0) is 44.6 Å². The largest absolute Gasteiger partial charge is 0.470 e. The third kappa shape index (κ3) is 12.2. The van der Waals surface area contributed by atoms with Gasteiger partial charge in [0.2, 0.25) is 0 Å². The van der Waals surface area contributed by atoms with Gasteiger partial charge < -0.3 is 15.4 Å². The van der Waals surface area contributed by atoms with Crippen molar-refractivity contribution in [3.05, 3.63) is 41.5 Å². The normalized spacial score (nSPS) is 9.92. The first-order valence-electron chi connectivity index (χ1n) is 7.97. The summed E-state index contributed by atoms with van der Waals surface area (Å²) in [6, 6.07) is 8.03. The molecule has 25 heavy (non-hydrogen) atoms. The molecule has 2 N–H and O–H groups in total. The first-order chi connectivity index (χ1) is 11.8. The van der Waals surface area contributed by atoms with Gasteiger partial charge in [0, 0.05) is 19.5 Å². The van der Waals surface area contributed by atoms with Crippen molar-refractivity contribution < 1.29 is 14.3 Å². The van der Waals surface area contributed by atoms with Crippen LogP contribution in [0.4, 0.5) is 4.79 Å². The zero-order chi connectivity index (χ0) is 19.2. The molecular weight excluding hydrogens is 356 g/mol. The fourth-order valence-electron chi connectivity index (χ4n) is 1.76. The summed E-state index contributed by atoms with van der Waals surface area (Å²) in [6.07, 6.45) is 3.75. The van der Waals surface area contributed by atoms with Crippen molar-refractivity contribution in [2.75, 3.05) is 19.7 Å². The summed E-state index contributed by atoms with van der Waals surface area (Å²) in [5.41, 5.74) is 6.56. The highest BCUT2D eigenvalue weighted by Crippen LogP contribution is 2.05. The quantitative estimate of drug-likeness (QED) is 0.428. The number of rotatable bonds is 7. The number of allylic oxidation sites excluding steroid dienone is 1. The number of hydrogen-bond donors (Lipinski definition) is 2. The Kier molecular flexibility index (Phi) is 12.4. The van der Waals surface area contributed by atoms with Crippen molar-refractivity contribution in [1.82, 2.24) is 4.90 Å². The van der Waals surface area contributed by atoms with E-state index in [0.717, 1.165) is 18.7 Å². The molecule has 0 fully saturated rings. The van der Waals surface area contributed by atoms with E-state index >= 15 is 0 Å². The van der Waals surface area contributed by atoms with Crippen molar-refractivity contribution in [2.45, 2.75) is 27.2 Å².